The van der Waals surface area contributed by atoms with Crippen LogP contribution >= 0.6 is 0 Å². The third-order valence-corrected chi connectivity index (χ3v) is 4.74. The van der Waals surface area contributed by atoms with E-state index in [4.69, 9.17) is 0 Å². The summed E-state index contributed by atoms with van der Waals surface area (Å²) in [4.78, 5) is 13.0. The molecule has 0 radical (unpaired) electrons. The zero-order valence-electron chi connectivity index (χ0n) is 13.2. The molecule has 0 atom stereocenters. The maximum absolute atomic E-state index is 11.0. The van der Waals surface area contributed by atoms with Gasteiger partial charge in [0.15, 0.2) is 0 Å². The maximum Gasteiger partial charge on any atom is 0.272 e. The summed E-state index contributed by atoms with van der Waals surface area (Å²) in [5.74, 6) is 0. The molecule has 21 heavy (non-hydrogen) atoms. The molecule has 1 aliphatic carbocycles. The first kappa shape index (κ1) is 15.9. The second-order valence-electron chi connectivity index (χ2n) is 6.31. The van der Waals surface area contributed by atoms with Crippen molar-refractivity contribution in [1.82, 2.24) is 10.2 Å². The van der Waals surface area contributed by atoms with Crippen LogP contribution in [0.2, 0.25) is 0 Å². The lowest BCUT2D eigenvalue weighted by atomic mass is 9.96. The smallest absolute Gasteiger partial charge is 0.272 e. The first-order valence-electron chi connectivity index (χ1n) is 7.57. The summed E-state index contributed by atoms with van der Waals surface area (Å²) >= 11 is 0. The fraction of sp³-hybridized carbons (Fsp3) is 0.625. The van der Waals surface area contributed by atoms with Crippen LogP contribution in [-0.2, 0) is 6.54 Å². The van der Waals surface area contributed by atoms with E-state index >= 15 is 0 Å². The van der Waals surface area contributed by atoms with Gasteiger partial charge in [-0.1, -0.05) is 25.0 Å². The predicted octanol–water partition coefficient (Wildman–Crippen LogP) is 2.87. The molecule has 116 valence electrons. The molecule has 0 aromatic heterocycles. The van der Waals surface area contributed by atoms with Crippen molar-refractivity contribution in [2.24, 2.45) is 0 Å². The Labute approximate surface area is 126 Å². The molecule has 1 fully saturated rings. The maximum atomic E-state index is 11.0. The van der Waals surface area contributed by atoms with Crippen LogP contribution in [0.15, 0.2) is 18.2 Å². The number of nitro groups is 1. The Hall–Kier alpha value is -1.46. The van der Waals surface area contributed by atoms with Crippen LogP contribution in [-0.4, -0.2) is 36.0 Å². The van der Waals surface area contributed by atoms with Crippen LogP contribution in [0.5, 0.6) is 0 Å². The number of hydrogen-bond acceptors (Lipinski definition) is 4. The van der Waals surface area contributed by atoms with E-state index < -0.39 is 0 Å². The number of likely N-dealkylation sites (N-methyl/N-ethyl adjacent to an activating group) is 1. The molecule has 5 nitrogen and oxygen atoms in total. The van der Waals surface area contributed by atoms with Crippen LogP contribution in [0.4, 0.5) is 5.69 Å². The highest BCUT2D eigenvalue weighted by Crippen LogP contribution is 2.33. The number of benzene rings is 1. The van der Waals surface area contributed by atoms with Crippen molar-refractivity contribution in [3.8, 4) is 0 Å². The second kappa shape index (κ2) is 6.54. The van der Waals surface area contributed by atoms with E-state index in [0.29, 0.717) is 12.1 Å². The van der Waals surface area contributed by atoms with Crippen molar-refractivity contribution in [3.05, 3.63) is 39.4 Å². The molecule has 0 amide bonds. The molecule has 0 aliphatic heterocycles. The summed E-state index contributed by atoms with van der Waals surface area (Å²) in [7, 11) is 4.29. The summed E-state index contributed by atoms with van der Waals surface area (Å²) in [6, 6.07) is 5.47. The lowest BCUT2D eigenvalue weighted by Crippen LogP contribution is -2.49. The third-order valence-electron chi connectivity index (χ3n) is 4.74. The fourth-order valence-electron chi connectivity index (χ4n) is 3.22. The average molecular weight is 291 g/mol. The zero-order chi connectivity index (χ0) is 15.5. The molecule has 2 rings (SSSR count). The zero-order valence-corrected chi connectivity index (χ0v) is 13.2. The first-order chi connectivity index (χ1) is 9.94. The van der Waals surface area contributed by atoms with E-state index in [9.17, 15) is 10.1 Å². The number of nitrogens with zero attached hydrogens (tertiary/aromatic N) is 2. The largest absolute Gasteiger partial charge is 0.311 e. The lowest BCUT2D eigenvalue weighted by Gasteiger charge is -2.36. The van der Waals surface area contributed by atoms with Gasteiger partial charge in [-0.2, -0.15) is 0 Å². The molecule has 0 bridgehead atoms. The van der Waals surface area contributed by atoms with E-state index in [1.807, 2.05) is 12.1 Å². The van der Waals surface area contributed by atoms with Gasteiger partial charge in [0.25, 0.3) is 5.69 Å². The number of nitrogens with one attached hydrogen (secondary N) is 1. The molecule has 1 N–H and O–H groups in total. The number of nitro benzene ring substituents is 1. The van der Waals surface area contributed by atoms with E-state index in [1.165, 1.54) is 25.7 Å². The second-order valence-corrected chi connectivity index (χ2v) is 6.31. The summed E-state index contributed by atoms with van der Waals surface area (Å²) in [6.07, 6.45) is 5.02. The van der Waals surface area contributed by atoms with Crippen molar-refractivity contribution >= 4 is 5.69 Å². The minimum Gasteiger partial charge on any atom is -0.311 e. The van der Waals surface area contributed by atoms with Gasteiger partial charge in [-0.25, -0.2) is 0 Å². The molecule has 1 aromatic rings. The Morgan fingerprint density at radius 1 is 1.33 bits per heavy atom. The SMILES string of the molecule is Cc1ccc(CNCC2(N(C)C)CCCC2)cc1[N+](=O)[O-]. The average Bonchev–Trinajstić information content (AvgIpc) is 2.90. The Bertz CT molecular complexity index is 508. The quantitative estimate of drug-likeness (QED) is 0.647. The molecular weight excluding hydrogens is 266 g/mol. The number of rotatable bonds is 6. The van der Waals surface area contributed by atoms with Gasteiger partial charge in [-0.05, 0) is 39.4 Å². The van der Waals surface area contributed by atoms with Crippen LogP contribution < -0.4 is 5.32 Å². The van der Waals surface area contributed by atoms with Crippen molar-refractivity contribution in [2.45, 2.75) is 44.7 Å². The molecule has 5 heteroatoms. The van der Waals surface area contributed by atoms with Crippen LogP contribution in [0.3, 0.4) is 0 Å². The van der Waals surface area contributed by atoms with Gasteiger partial charge >= 0.3 is 0 Å². The van der Waals surface area contributed by atoms with Gasteiger partial charge < -0.3 is 10.2 Å². The summed E-state index contributed by atoms with van der Waals surface area (Å²) < 4.78 is 0. The van der Waals surface area contributed by atoms with E-state index in [1.54, 1.807) is 13.0 Å². The first-order valence-corrected chi connectivity index (χ1v) is 7.57. The molecule has 1 aliphatic rings. The molecule has 1 saturated carbocycles. The monoisotopic (exact) mass is 291 g/mol. The topological polar surface area (TPSA) is 58.4 Å². The predicted molar refractivity (Wildman–Crippen MR) is 84.4 cm³/mol. The van der Waals surface area contributed by atoms with Crippen molar-refractivity contribution in [3.63, 3.8) is 0 Å². The minimum absolute atomic E-state index is 0.206. The van der Waals surface area contributed by atoms with Gasteiger partial charge in [-0.15, -0.1) is 0 Å². The van der Waals surface area contributed by atoms with Crippen molar-refractivity contribution in [1.29, 1.82) is 0 Å². The Balaban J connectivity index is 1.97. The highest BCUT2D eigenvalue weighted by Gasteiger charge is 2.35. The molecule has 0 heterocycles. The molecule has 1 aromatic carbocycles. The molecule has 0 spiro atoms. The van der Waals surface area contributed by atoms with E-state index in [2.05, 4.69) is 24.3 Å². The van der Waals surface area contributed by atoms with Gasteiger partial charge in [0.1, 0.15) is 0 Å². The van der Waals surface area contributed by atoms with Crippen LogP contribution in [0, 0.1) is 17.0 Å². The van der Waals surface area contributed by atoms with Crippen LogP contribution in [0.25, 0.3) is 0 Å². The normalized spacial score (nSPS) is 17.3. The van der Waals surface area contributed by atoms with E-state index in [0.717, 1.165) is 12.1 Å². The number of aryl methyl sites for hydroxylation is 1. The highest BCUT2D eigenvalue weighted by molar-refractivity contribution is 5.42. The van der Waals surface area contributed by atoms with Gasteiger partial charge in [0.05, 0.1) is 4.92 Å². The standard InChI is InChI=1S/C16H25N3O2/c1-13-6-7-14(10-15(13)19(20)21)11-17-12-16(18(2)3)8-4-5-9-16/h6-7,10,17H,4-5,8-9,11-12H2,1-3H3. The fourth-order valence-corrected chi connectivity index (χ4v) is 3.22. The van der Waals surface area contributed by atoms with Gasteiger partial charge in [0.2, 0.25) is 0 Å². The Kier molecular flexibility index (Phi) is 4.96. The van der Waals surface area contributed by atoms with Gasteiger partial charge in [0, 0.05) is 30.3 Å². The molecule has 0 saturated heterocycles. The number of hydrogen-bond donors (Lipinski definition) is 1. The third kappa shape index (κ3) is 3.60. The minimum atomic E-state index is -0.308. The molecular formula is C16H25N3O2. The summed E-state index contributed by atoms with van der Waals surface area (Å²) in [6.45, 7) is 3.38. The van der Waals surface area contributed by atoms with Gasteiger partial charge in [-0.3, -0.25) is 10.1 Å². The van der Waals surface area contributed by atoms with Crippen molar-refractivity contribution in [2.75, 3.05) is 20.6 Å². The Morgan fingerprint density at radius 3 is 2.57 bits per heavy atom. The van der Waals surface area contributed by atoms with Crippen LogP contribution in [0.1, 0.15) is 36.8 Å². The lowest BCUT2D eigenvalue weighted by molar-refractivity contribution is -0.385. The summed E-state index contributed by atoms with van der Waals surface area (Å²) in [5.41, 5.74) is 2.14. The Morgan fingerprint density at radius 2 is 2.00 bits per heavy atom. The van der Waals surface area contributed by atoms with Crippen molar-refractivity contribution < 1.29 is 4.92 Å². The van der Waals surface area contributed by atoms with E-state index in [-0.39, 0.29) is 16.1 Å². The summed E-state index contributed by atoms with van der Waals surface area (Å²) in [5, 5.41) is 14.5. The molecule has 0 unspecified atom stereocenters. The highest BCUT2D eigenvalue weighted by atomic mass is 16.6.